The van der Waals surface area contributed by atoms with Crippen LogP contribution in [0.25, 0.3) is 0 Å². The monoisotopic (exact) mass is 312 g/mol. The largest absolute Gasteiger partial charge is 0.480 e. The average Bonchev–Trinajstić information content (AvgIpc) is 2.58. The first-order valence-electron chi connectivity index (χ1n) is 7.58. The summed E-state index contributed by atoms with van der Waals surface area (Å²) in [5.74, 6) is 5.61. The lowest BCUT2D eigenvalue weighted by molar-refractivity contribution is -0.124. The van der Waals surface area contributed by atoms with Crippen molar-refractivity contribution in [1.82, 2.24) is 5.32 Å². The van der Waals surface area contributed by atoms with E-state index in [1.54, 1.807) is 24.3 Å². The summed E-state index contributed by atoms with van der Waals surface area (Å²) < 4.78 is 5.43. The average molecular weight is 312 g/mol. The van der Waals surface area contributed by atoms with Crippen molar-refractivity contribution in [3.63, 3.8) is 0 Å². The van der Waals surface area contributed by atoms with Gasteiger partial charge in [0, 0.05) is 5.92 Å². The zero-order chi connectivity index (χ0) is 16.5. The Morgan fingerprint density at radius 3 is 2.83 bits per heavy atom. The van der Waals surface area contributed by atoms with Crippen molar-refractivity contribution in [3.05, 3.63) is 42.0 Å². The SMILES string of the molecule is NC(=O)c1ccccc1OCC#CCNC(=O)[C@@H]1CC=CCC1. The maximum absolute atomic E-state index is 11.9. The summed E-state index contributed by atoms with van der Waals surface area (Å²) in [4.78, 5) is 23.1. The van der Waals surface area contributed by atoms with Crippen molar-refractivity contribution in [2.45, 2.75) is 19.3 Å². The Labute approximate surface area is 135 Å². The molecule has 1 aliphatic rings. The molecule has 5 nitrogen and oxygen atoms in total. The van der Waals surface area contributed by atoms with Gasteiger partial charge in [0.1, 0.15) is 12.4 Å². The zero-order valence-electron chi connectivity index (χ0n) is 12.9. The quantitative estimate of drug-likeness (QED) is 0.640. The molecule has 0 fully saturated rings. The lowest BCUT2D eigenvalue weighted by atomic mass is 9.94. The van der Waals surface area contributed by atoms with Crippen LogP contribution in [0.2, 0.25) is 0 Å². The van der Waals surface area contributed by atoms with E-state index in [9.17, 15) is 9.59 Å². The number of carbonyl (C=O) groups is 2. The number of rotatable bonds is 5. The topological polar surface area (TPSA) is 81.4 Å². The highest BCUT2D eigenvalue weighted by atomic mass is 16.5. The molecule has 120 valence electrons. The van der Waals surface area contributed by atoms with Gasteiger partial charge in [-0.25, -0.2) is 0 Å². The van der Waals surface area contributed by atoms with Gasteiger partial charge in [0.15, 0.2) is 0 Å². The zero-order valence-corrected chi connectivity index (χ0v) is 12.9. The first kappa shape index (κ1) is 16.6. The Hall–Kier alpha value is -2.74. The van der Waals surface area contributed by atoms with Gasteiger partial charge in [0.2, 0.25) is 5.91 Å². The molecule has 0 aromatic heterocycles. The van der Waals surface area contributed by atoms with Crippen molar-refractivity contribution in [2.75, 3.05) is 13.2 Å². The Kier molecular flexibility index (Phi) is 6.25. The van der Waals surface area contributed by atoms with E-state index < -0.39 is 5.91 Å². The van der Waals surface area contributed by atoms with E-state index in [0.29, 0.717) is 17.9 Å². The van der Waals surface area contributed by atoms with Crippen LogP contribution in [0, 0.1) is 17.8 Å². The Bertz CT molecular complexity index is 656. The second-order valence-electron chi connectivity index (χ2n) is 5.20. The van der Waals surface area contributed by atoms with E-state index in [1.165, 1.54) is 0 Å². The number of hydrogen-bond donors (Lipinski definition) is 2. The molecule has 2 amide bonds. The number of nitrogens with one attached hydrogen (secondary N) is 1. The van der Waals surface area contributed by atoms with Crippen LogP contribution >= 0.6 is 0 Å². The molecule has 1 aromatic rings. The van der Waals surface area contributed by atoms with Gasteiger partial charge < -0.3 is 15.8 Å². The summed E-state index contributed by atoms with van der Waals surface area (Å²) >= 11 is 0. The first-order chi connectivity index (χ1) is 11.2. The molecule has 1 atom stereocenters. The van der Waals surface area contributed by atoms with E-state index >= 15 is 0 Å². The van der Waals surface area contributed by atoms with E-state index in [2.05, 4.69) is 23.2 Å². The van der Waals surface area contributed by atoms with Gasteiger partial charge in [0.05, 0.1) is 12.1 Å². The maximum Gasteiger partial charge on any atom is 0.252 e. The van der Waals surface area contributed by atoms with Gasteiger partial charge >= 0.3 is 0 Å². The Balaban J connectivity index is 1.73. The second kappa shape index (κ2) is 8.64. The summed E-state index contributed by atoms with van der Waals surface area (Å²) in [6.07, 6.45) is 6.79. The van der Waals surface area contributed by atoms with Gasteiger partial charge in [-0.05, 0) is 31.4 Å². The van der Waals surface area contributed by atoms with E-state index in [0.717, 1.165) is 19.3 Å². The summed E-state index contributed by atoms with van der Waals surface area (Å²) in [6, 6.07) is 6.74. The van der Waals surface area contributed by atoms with Crippen LogP contribution in [-0.4, -0.2) is 25.0 Å². The van der Waals surface area contributed by atoms with Crippen LogP contribution in [0.3, 0.4) is 0 Å². The summed E-state index contributed by atoms with van der Waals surface area (Å²) in [5.41, 5.74) is 5.59. The number of para-hydroxylation sites is 1. The van der Waals surface area contributed by atoms with Crippen LogP contribution in [0.4, 0.5) is 0 Å². The fourth-order valence-electron chi connectivity index (χ4n) is 2.33. The predicted octanol–water partition coefficient (Wildman–Crippen LogP) is 1.64. The molecular formula is C18H20N2O3. The predicted molar refractivity (Wildman–Crippen MR) is 87.7 cm³/mol. The molecule has 0 heterocycles. The van der Waals surface area contributed by atoms with Crippen LogP contribution < -0.4 is 15.8 Å². The normalized spacial score (nSPS) is 16.1. The number of allylic oxidation sites excluding steroid dienone is 2. The standard InChI is InChI=1S/C18H20N2O3/c19-17(21)15-10-4-5-11-16(15)23-13-7-6-12-20-18(22)14-8-2-1-3-9-14/h1-2,4-5,10-11,14H,3,8-9,12-13H2,(H2,19,21)(H,20,22)/t14-/m1/s1. The minimum atomic E-state index is -0.539. The smallest absolute Gasteiger partial charge is 0.252 e. The van der Waals surface area contributed by atoms with Gasteiger partial charge in [0.25, 0.3) is 5.91 Å². The molecule has 2 rings (SSSR count). The minimum absolute atomic E-state index is 0.0450. The van der Waals surface area contributed by atoms with E-state index in [4.69, 9.17) is 10.5 Å². The van der Waals surface area contributed by atoms with Crippen molar-refractivity contribution in [3.8, 4) is 17.6 Å². The summed E-state index contributed by atoms with van der Waals surface area (Å²) in [6.45, 7) is 0.423. The fraction of sp³-hybridized carbons (Fsp3) is 0.333. The molecule has 3 N–H and O–H groups in total. The van der Waals surface area contributed by atoms with Crippen LogP contribution in [0.15, 0.2) is 36.4 Å². The van der Waals surface area contributed by atoms with E-state index in [1.807, 2.05) is 6.08 Å². The molecule has 0 bridgehead atoms. The maximum atomic E-state index is 11.9. The molecule has 0 aliphatic heterocycles. The van der Waals surface area contributed by atoms with Crippen LogP contribution in [0.1, 0.15) is 29.6 Å². The lowest BCUT2D eigenvalue weighted by Gasteiger charge is -2.16. The second-order valence-corrected chi connectivity index (χ2v) is 5.20. The van der Waals surface area contributed by atoms with Crippen LogP contribution in [-0.2, 0) is 4.79 Å². The first-order valence-corrected chi connectivity index (χ1v) is 7.58. The molecule has 1 aromatic carbocycles. The van der Waals surface area contributed by atoms with Crippen LogP contribution in [0.5, 0.6) is 5.75 Å². The molecule has 0 unspecified atom stereocenters. The number of carbonyl (C=O) groups excluding carboxylic acids is 2. The molecular weight excluding hydrogens is 292 g/mol. The Morgan fingerprint density at radius 2 is 2.09 bits per heavy atom. The van der Waals surface area contributed by atoms with Gasteiger partial charge in [-0.2, -0.15) is 0 Å². The number of ether oxygens (including phenoxy) is 1. The highest BCUT2D eigenvalue weighted by Gasteiger charge is 2.17. The molecule has 23 heavy (non-hydrogen) atoms. The number of primary amides is 1. The molecule has 0 saturated carbocycles. The molecule has 5 heteroatoms. The van der Waals surface area contributed by atoms with Crippen molar-refractivity contribution < 1.29 is 14.3 Å². The number of benzene rings is 1. The third kappa shape index (κ3) is 5.19. The highest BCUT2D eigenvalue weighted by molar-refractivity contribution is 5.95. The fourth-order valence-corrected chi connectivity index (χ4v) is 2.33. The van der Waals surface area contributed by atoms with Gasteiger partial charge in [-0.1, -0.05) is 36.1 Å². The third-order valence-electron chi connectivity index (χ3n) is 3.57. The van der Waals surface area contributed by atoms with Gasteiger partial charge in [-0.3, -0.25) is 9.59 Å². The lowest BCUT2D eigenvalue weighted by Crippen LogP contribution is -2.31. The molecule has 0 spiro atoms. The number of amides is 2. The van der Waals surface area contributed by atoms with Gasteiger partial charge in [-0.15, -0.1) is 0 Å². The number of nitrogens with two attached hydrogens (primary N) is 1. The molecule has 1 aliphatic carbocycles. The minimum Gasteiger partial charge on any atom is -0.480 e. The Morgan fingerprint density at radius 1 is 1.26 bits per heavy atom. The van der Waals surface area contributed by atoms with Crippen molar-refractivity contribution in [1.29, 1.82) is 0 Å². The van der Waals surface area contributed by atoms with E-state index in [-0.39, 0.29) is 18.4 Å². The third-order valence-corrected chi connectivity index (χ3v) is 3.57. The highest BCUT2D eigenvalue weighted by Crippen LogP contribution is 2.18. The molecule has 0 saturated heterocycles. The number of hydrogen-bond acceptors (Lipinski definition) is 3. The van der Waals surface area contributed by atoms with Crippen molar-refractivity contribution in [2.24, 2.45) is 11.7 Å². The summed E-state index contributed by atoms with van der Waals surface area (Å²) in [5, 5.41) is 2.80. The van der Waals surface area contributed by atoms with Crippen molar-refractivity contribution >= 4 is 11.8 Å². The molecule has 0 radical (unpaired) electrons. The summed E-state index contributed by atoms with van der Waals surface area (Å²) in [7, 11) is 0.